The van der Waals surface area contributed by atoms with E-state index >= 15 is 0 Å². The van der Waals surface area contributed by atoms with Crippen LogP contribution in [0.25, 0.3) is 0 Å². The van der Waals surface area contributed by atoms with Crippen molar-refractivity contribution in [3.05, 3.63) is 6.33 Å². The first-order valence-corrected chi connectivity index (χ1v) is 4.28. The number of carbonyl (C=O) groups is 2. The number of rotatable bonds is 3. The number of nitrogens with one attached hydrogen (secondary N) is 2. The smallest absolute Gasteiger partial charge is 0.316 e. The van der Waals surface area contributed by atoms with E-state index < -0.39 is 11.8 Å². The lowest BCUT2D eigenvalue weighted by Crippen LogP contribution is -2.38. The SMILES string of the molecule is Cn1ncnc1NC(=O)C(=O)NCCN. The third kappa shape index (κ3) is 3.02. The van der Waals surface area contributed by atoms with E-state index in [0.717, 1.165) is 0 Å². The van der Waals surface area contributed by atoms with E-state index in [1.54, 1.807) is 7.05 Å². The summed E-state index contributed by atoms with van der Waals surface area (Å²) in [5.41, 5.74) is 5.16. The van der Waals surface area contributed by atoms with E-state index in [-0.39, 0.29) is 19.0 Å². The third-order valence-electron chi connectivity index (χ3n) is 1.57. The minimum absolute atomic E-state index is 0.211. The van der Waals surface area contributed by atoms with E-state index in [9.17, 15) is 9.59 Å². The van der Waals surface area contributed by atoms with Gasteiger partial charge in [-0.05, 0) is 0 Å². The van der Waals surface area contributed by atoms with Crippen molar-refractivity contribution in [1.82, 2.24) is 20.1 Å². The first-order chi connectivity index (χ1) is 7.15. The topological polar surface area (TPSA) is 115 Å². The van der Waals surface area contributed by atoms with Gasteiger partial charge in [-0.25, -0.2) is 4.68 Å². The van der Waals surface area contributed by atoms with Crippen LogP contribution in [-0.2, 0) is 16.6 Å². The zero-order chi connectivity index (χ0) is 11.3. The summed E-state index contributed by atoms with van der Waals surface area (Å²) in [4.78, 5) is 26.1. The molecular formula is C7H12N6O2. The van der Waals surface area contributed by atoms with Crippen LogP contribution in [0.3, 0.4) is 0 Å². The van der Waals surface area contributed by atoms with E-state index in [2.05, 4.69) is 20.7 Å². The second kappa shape index (κ2) is 5.05. The van der Waals surface area contributed by atoms with Gasteiger partial charge in [-0.1, -0.05) is 0 Å². The first-order valence-electron chi connectivity index (χ1n) is 4.28. The molecule has 0 spiro atoms. The highest BCUT2D eigenvalue weighted by Crippen LogP contribution is 1.96. The number of nitrogens with two attached hydrogens (primary N) is 1. The van der Waals surface area contributed by atoms with Gasteiger partial charge in [0, 0.05) is 20.1 Å². The molecule has 1 aromatic rings. The minimum Gasteiger partial charge on any atom is -0.347 e. The average Bonchev–Trinajstić information content (AvgIpc) is 2.61. The lowest BCUT2D eigenvalue weighted by molar-refractivity contribution is -0.136. The van der Waals surface area contributed by atoms with Crippen molar-refractivity contribution < 1.29 is 9.59 Å². The molecule has 0 aliphatic rings. The lowest BCUT2D eigenvalue weighted by atomic mass is 10.5. The maximum atomic E-state index is 11.2. The number of hydrogen-bond donors (Lipinski definition) is 3. The van der Waals surface area contributed by atoms with Crippen LogP contribution in [0.5, 0.6) is 0 Å². The van der Waals surface area contributed by atoms with Crippen LogP contribution < -0.4 is 16.4 Å². The van der Waals surface area contributed by atoms with Gasteiger partial charge in [-0.2, -0.15) is 10.1 Å². The van der Waals surface area contributed by atoms with Crippen LogP contribution in [0.4, 0.5) is 5.95 Å². The Balaban J connectivity index is 2.49. The summed E-state index contributed by atoms with van der Waals surface area (Å²) < 4.78 is 1.34. The Morgan fingerprint density at radius 2 is 2.27 bits per heavy atom. The molecule has 0 aliphatic heterocycles. The molecular weight excluding hydrogens is 200 g/mol. The number of anilines is 1. The van der Waals surface area contributed by atoms with Gasteiger partial charge in [-0.15, -0.1) is 0 Å². The number of carbonyl (C=O) groups excluding carboxylic acids is 2. The number of hydrogen-bond acceptors (Lipinski definition) is 5. The van der Waals surface area contributed by atoms with Crippen LogP contribution in [-0.4, -0.2) is 39.7 Å². The van der Waals surface area contributed by atoms with E-state index in [0.29, 0.717) is 0 Å². The Bertz CT molecular complexity index is 360. The van der Waals surface area contributed by atoms with E-state index in [1.807, 2.05) is 0 Å². The van der Waals surface area contributed by atoms with Gasteiger partial charge in [0.05, 0.1) is 0 Å². The van der Waals surface area contributed by atoms with Gasteiger partial charge in [0.25, 0.3) is 0 Å². The zero-order valence-electron chi connectivity index (χ0n) is 8.23. The fraction of sp³-hybridized carbons (Fsp3) is 0.429. The molecule has 0 radical (unpaired) electrons. The second-order valence-corrected chi connectivity index (χ2v) is 2.71. The van der Waals surface area contributed by atoms with Crippen LogP contribution in [0.2, 0.25) is 0 Å². The molecule has 0 atom stereocenters. The van der Waals surface area contributed by atoms with Crippen molar-refractivity contribution in [3.8, 4) is 0 Å². The normalized spacial score (nSPS) is 9.73. The van der Waals surface area contributed by atoms with Crippen LogP contribution >= 0.6 is 0 Å². The molecule has 15 heavy (non-hydrogen) atoms. The van der Waals surface area contributed by atoms with E-state index in [4.69, 9.17) is 5.73 Å². The molecule has 1 rings (SSSR count). The van der Waals surface area contributed by atoms with Gasteiger partial charge in [0.1, 0.15) is 6.33 Å². The zero-order valence-corrected chi connectivity index (χ0v) is 8.23. The van der Waals surface area contributed by atoms with Crippen molar-refractivity contribution in [2.24, 2.45) is 12.8 Å². The molecule has 0 unspecified atom stereocenters. The summed E-state index contributed by atoms with van der Waals surface area (Å²) in [6.07, 6.45) is 1.27. The Morgan fingerprint density at radius 1 is 1.53 bits per heavy atom. The number of amides is 2. The summed E-state index contributed by atoms with van der Waals surface area (Å²) in [5, 5.41) is 8.36. The van der Waals surface area contributed by atoms with Crippen LogP contribution in [0, 0.1) is 0 Å². The summed E-state index contributed by atoms with van der Waals surface area (Å²) in [6, 6.07) is 0. The standard InChI is InChI=1S/C7H12N6O2/c1-13-7(10-4-11-13)12-6(15)5(14)9-3-2-8/h4H,2-3,8H2,1H3,(H,9,14)(H,10,11,12,15). The molecule has 0 aromatic carbocycles. The summed E-state index contributed by atoms with van der Waals surface area (Å²) in [6.45, 7) is 0.536. The maximum Gasteiger partial charge on any atom is 0.316 e. The highest BCUT2D eigenvalue weighted by Gasteiger charge is 2.14. The highest BCUT2D eigenvalue weighted by atomic mass is 16.2. The Kier molecular flexibility index (Phi) is 3.75. The molecule has 0 saturated heterocycles. The Morgan fingerprint density at radius 3 is 2.80 bits per heavy atom. The van der Waals surface area contributed by atoms with Crippen molar-refractivity contribution in [2.75, 3.05) is 18.4 Å². The fourth-order valence-corrected chi connectivity index (χ4v) is 0.834. The minimum atomic E-state index is -0.792. The predicted octanol–water partition coefficient (Wildman–Crippen LogP) is -2.17. The highest BCUT2D eigenvalue weighted by molar-refractivity contribution is 6.39. The largest absolute Gasteiger partial charge is 0.347 e. The Labute approximate surface area is 85.8 Å². The molecule has 8 heteroatoms. The molecule has 0 aliphatic carbocycles. The van der Waals surface area contributed by atoms with Gasteiger partial charge >= 0.3 is 11.8 Å². The molecule has 4 N–H and O–H groups in total. The molecule has 1 aromatic heterocycles. The van der Waals surface area contributed by atoms with E-state index in [1.165, 1.54) is 11.0 Å². The number of nitrogens with zero attached hydrogens (tertiary/aromatic N) is 3. The third-order valence-corrected chi connectivity index (χ3v) is 1.57. The van der Waals surface area contributed by atoms with Crippen molar-refractivity contribution >= 4 is 17.8 Å². The van der Waals surface area contributed by atoms with Gasteiger partial charge in [0.2, 0.25) is 5.95 Å². The summed E-state index contributed by atoms with van der Waals surface area (Å²) >= 11 is 0. The second-order valence-electron chi connectivity index (χ2n) is 2.71. The van der Waals surface area contributed by atoms with Crippen molar-refractivity contribution in [3.63, 3.8) is 0 Å². The molecule has 8 nitrogen and oxygen atoms in total. The molecule has 0 saturated carbocycles. The van der Waals surface area contributed by atoms with Crippen molar-refractivity contribution in [1.29, 1.82) is 0 Å². The first kappa shape index (κ1) is 11.1. The monoisotopic (exact) mass is 212 g/mol. The molecule has 2 amide bonds. The molecule has 0 fully saturated rings. The molecule has 82 valence electrons. The predicted molar refractivity (Wildman–Crippen MR) is 51.7 cm³/mol. The van der Waals surface area contributed by atoms with Gasteiger partial charge < -0.3 is 11.1 Å². The van der Waals surface area contributed by atoms with Crippen LogP contribution in [0.1, 0.15) is 0 Å². The van der Waals surface area contributed by atoms with Gasteiger partial charge in [0.15, 0.2) is 0 Å². The quantitative estimate of drug-likeness (QED) is 0.493. The lowest BCUT2D eigenvalue weighted by Gasteiger charge is -2.03. The number of aromatic nitrogens is 3. The maximum absolute atomic E-state index is 11.2. The van der Waals surface area contributed by atoms with Gasteiger partial charge in [-0.3, -0.25) is 14.9 Å². The number of aryl methyl sites for hydroxylation is 1. The molecule has 1 heterocycles. The Hall–Kier alpha value is -1.96. The summed E-state index contributed by atoms with van der Waals surface area (Å²) in [7, 11) is 1.60. The molecule has 0 bridgehead atoms. The average molecular weight is 212 g/mol. The summed E-state index contributed by atoms with van der Waals surface area (Å²) in [5.74, 6) is -1.33. The van der Waals surface area contributed by atoms with Crippen LogP contribution in [0.15, 0.2) is 6.33 Å². The van der Waals surface area contributed by atoms with Crippen molar-refractivity contribution in [2.45, 2.75) is 0 Å². The fourth-order valence-electron chi connectivity index (χ4n) is 0.834.